The Bertz CT molecular complexity index is 835. The Hall–Kier alpha value is -1.99. The summed E-state index contributed by atoms with van der Waals surface area (Å²) in [5.41, 5.74) is 0.978. The van der Waals surface area contributed by atoms with Gasteiger partial charge in [-0.05, 0) is 29.7 Å². The van der Waals surface area contributed by atoms with Gasteiger partial charge in [-0.2, -0.15) is 0 Å². The van der Waals surface area contributed by atoms with Crippen molar-refractivity contribution in [2.24, 2.45) is 17.3 Å². The standard InChI is InChI=1S/C28H46N4O2S.CH4/c1-19(2)25(27(34)32(6)7)31-26(33)21(28(3,4)5)17-24(35)30-23-16-12-11-15-22(23)29-18-20-13-9-8-10-14-20;/h8-10,13-14,19,21-23,25,29H,11-12,15-18H2,1-7H3,(H,30,35)(H,31,33);1H4/t21-,22+,23+,25+;/m1./s1. The summed E-state index contributed by atoms with van der Waals surface area (Å²) in [6.45, 7) is 10.9. The van der Waals surface area contributed by atoms with Crippen molar-refractivity contribution in [1.82, 2.24) is 20.9 Å². The van der Waals surface area contributed by atoms with Crippen LogP contribution in [0.1, 0.15) is 79.7 Å². The van der Waals surface area contributed by atoms with Crippen LogP contribution in [0.5, 0.6) is 0 Å². The predicted octanol–water partition coefficient (Wildman–Crippen LogP) is 4.92. The van der Waals surface area contributed by atoms with Gasteiger partial charge in [0.1, 0.15) is 6.04 Å². The molecular formula is C29H50N4O2S. The Labute approximate surface area is 225 Å². The highest BCUT2D eigenvalue weighted by molar-refractivity contribution is 7.80. The number of thiocarbonyl (C=S) groups is 1. The molecule has 0 aromatic heterocycles. The maximum atomic E-state index is 13.4. The lowest BCUT2D eigenvalue weighted by Crippen LogP contribution is -2.54. The highest BCUT2D eigenvalue weighted by atomic mass is 32.1. The monoisotopic (exact) mass is 518 g/mol. The molecule has 0 aliphatic heterocycles. The second-order valence-electron chi connectivity index (χ2n) is 11.5. The third kappa shape index (κ3) is 9.81. The maximum absolute atomic E-state index is 13.4. The fourth-order valence-electron chi connectivity index (χ4n) is 4.68. The average molecular weight is 519 g/mol. The smallest absolute Gasteiger partial charge is 0.244 e. The van der Waals surface area contributed by atoms with E-state index in [0.29, 0.717) is 12.5 Å². The fourth-order valence-corrected chi connectivity index (χ4v) is 5.00. The van der Waals surface area contributed by atoms with Crippen molar-refractivity contribution in [2.45, 2.75) is 98.8 Å². The van der Waals surface area contributed by atoms with E-state index in [0.717, 1.165) is 24.4 Å². The first-order chi connectivity index (χ1) is 16.4. The van der Waals surface area contributed by atoms with Crippen LogP contribution in [0.15, 0.2) is 30.3 Å². The van der Waals surface area contributed by atoms with Crippen molar-refractivity contribution >= 4 is 29.0 Å². The summed E-state index contributed by atoms with van der Waals surface area (Å²) in [5, 5.41) is 10.3. The minimum Gasteiger partial charge on any atom is -0.375 e. The normalized spacial score (nSPS) is 19.6. The number of carbonyl (C=O) groups excluding carboxylic acids is 2. The van der Waals surface area contributed by atoms with E-state index in [9.17, 15) is 9.59 Å². The molecule has 204 valence electrons. The molecule has 0 radical (unpaired) electrons. The predicted molar refractivity (Wildman–Crippen MR) is 155 cm³/mol. The van der Waals surface area contributed by atoms with Crippen LogP contribution in [-0.2, 0) is 16.1 Å². The number of hydrogen-bond donors (Lipinski definition) is 3. The molecule has 0 spiro atoms. The molecule has 0 bridgehead atoms. The molecule has 2 amide bonds. The Morgan fingerprint density at radius 1 is 1.06 bits per heavy atom. The van der Waals surface area contributed by atoms with Gasteiger partial charge in [0.25, 0.3) is 0 Å². The van der Waals surface area contributed by atoms with Crippen LogP contribution in [0.25, 0.3) is 0 Å². The lowest BCUT2D eigenvalue weighted by molar-refractivity contribution is -0.138. The Kier molecular flexibility index (Phi) is 13.1. The van der Waals surface area contributed by atoms with Crippen molar-refractivity contribution in [3.63, 3.8) is 0 Å². The molecular weight excluding hydrogens is 468 g/mol. The van der Waals surface area contributed by atoms with Crippen LogP contribution in [0.4, 0.5) is 0 Å². The molecule has 7 heteroatoms. The van der Waals surface area contributed by atoms with Crippen LogP contribution in [0.3, 0.4) is 0 Å². The molecule has 1 saturated carbocycles. The van der Waals surface area contributed by atoms with Crippen LogP contribution in [0, 0.1) is 17.3 Å². The zero-order chi connectivity index (χ0) is 26.2. The van der Waals surface area contributed by atoms with Crippen LogP contribution >= 0.6 is 12.2 Å². The first-order valence-corrected chi connectivity index (χ1v) is 13.4. The lowest BCUT2D eigenvalue weighted by Gasteiger charge is -2.36. The van der Waals surface area contributed by atoms with Crippen molar-refractivity contribution in [2.75, 3.05) is 14.1 Å². The molecule has 1 fully saturated rings. The molecule has 1 aliphatic carbocycles. The number of nitrogens with zero attached hydrogens (tertiary/aromatic N) is 1. The number of nitrogens with one attached hydrogen (secondary N) is 3. The molecule has 0 unspecified atom stereocenters. The number of hydrogen-bond acceptors (Lipinski definition) is 4. The van der Waals surface area contributed by atoms with Crippen LogP contribution in [0.2, 0.25) is 0 Å². The quantitative estimate of drug-likeness (QED) is 0.383. The zero-order valence-electron chi connectivity index (χ0n) is 22.7. The van der Waals surface area contributed by atoms with E-state index in [4.69, 9.17) is 12.2 Å². The summed E-state index contributed by atoms with van der Waals surface area (Å²) < 4.78 is 0. The Morgan fingerprint density at radius 2 is 1.64 bits per heavy atom. The van der Waals surface area contributed by atoms with E-state index in [1.54, 1.807) is 14.1 Å². The van der Waals surface area contributed by atoms with E-state index >= 15 is 0 Å². The van der Waals surface area contributed by atoms with Gasteiger partial charge < -0.3 is 20.9 Å². The molecule has 1 aromatic rings. The van der Waals surface area contributed by atoms with Gasteiger partial charge in [-0.3, -0.25) is 9.59 Å². The highest BCUT2D eigenvalue weighted by Gasteiger charge is 2.36. The second-order valence-corrected chi connectivity index (χ2v) is 12.0. The van der Waals surface area contributed by atoms with E-state index in [1.807, 2.05) is 19.9 Å². The first kappa shape index (κ1) is 32.0. The average Bonchev–Trinajstić information content (AvgIpc) is 2.79. The number of benzene rings is 1. The molecule has 36 heavy (non-hydrogen) atoms. The molecule has 1 aliphatic rings. The van der Waals surface area contributed by atoms with Crippen molar-refractivity contribution in [1.29, 1.82) is 0 Å². The topological polar surface area (TPSA) is 73.5 Å². The summed E-state index contributed by atoms with van der Waals surface area (Å²) >= 11 is 5.79. The molecule has 6 nitrogen and oxygen atoms in total. The molecule has 1 aromatic carbocycles. The highest BCUT2D eigenvalue weighted by Crippen LogP contribution is 2.30. The maximum Gasteiger partial charge on any atom is 0.244 e. The van der Waals surface area contributed by atoms with E-state index in [2.05, 4.69) is 61.0 Å². The molecule has 4 atom stereocenters. The minimum absolute atomic E-state index is 0. The number of likely N-dealkylation sites (N-methyl/N-ethyl adjacent to an activating group) is 1. The van der Waals surface area contributed by atoms with Crippen molar-refractivity contribution in [3.05, 3.63) is 35.9 Å². The summed E-state index contributed by atoms with van der Waals surface area (Å²) in [7, 11) is 3.44. The molecule has 0 saturated heterocycles. The summed E-state index contributed by atoms with van der Waals surface area (Å²) in [5.74, 6) is -0.537. The Balaban J connectivity index is 0.00000648. The zero-order valence-corrected chi connectivity index (χ0v) is 23.5. The van der Waals surface area contributed by atoms with E-state index in [-0.39, 0.29) is 42.5 Å². The van der Waals surface area contributed by atoms with Crippen molar-refractivity contribution < 1.29 is 9.59 Å². The van der Waals surface area contributed by atoms with Gasteiger partial charge in [0.15, 0.2) is 0 Å². The van der Waals surface area contributed by atoms with Crippen LogP contribution < -0.4 is 16.0 Å². The first-order valence-electron chi connectivity index (χ1n) is 13.0. The number of rotatable bonds is 10. The summed E-state index contributed by atoms with van der Waals surface area (Å²) in [4.78, 5) is 28.3. The SMILES string of the molecule is C.CC(C)[C@H](NC(=O)[C@@H](CC(=S)N[C@H]1CCCC[C@@H]1NCc1ccccc1)C(C)(C)C)C(=O)N(C)C. The van der Waals surface area contributed by atoms with Crippen LogP contribution in [-0.4, -0.2) is 53.9 Å². The molecule has 0 heterocycles. The Morgan fingerprint density at radius 3 is 2.17 bits per heavy atom. The second kappa shape index (κ2) is 14.7. The van der Waals surface area contributed by atoms with Gasteiger partial charge in [0, 0.05) is 45.1 Å². The van der Waals surface area contributed by atoms with Gasteiger partial charge >= 0.3 is 0 Å². The fraction of sp³-hybridized carbons (Fsp3) is 0.690. The van der Waals surface area contributed by atoms with Gasteiger partial charge in [-0.25, -0.2) is 0 Å². The number of carbonyl (C=O) groups is 2. The minimum atomic E-state index is -0.547. The largest absolute Gasteiger partial charge is 0.375 e. The summed E-state index contributed by atoms with van der Waals surface area (Å²) in [6.07, 6.45) is 5.02. The third-order valence-electron chi connectivity index (χ3n) is 6.95. The van der Waals surface area contributed by atoms with Crippen molar-refractivity contribution in [3.8, 4) is 0 Å². The van der Waals surface area contributed by atoms with E-state index in [1.165, 1.54) is 23.3 Å². The van der Waals surface area contributed by atoms with Gasteiger partial charge in [0.05, 0.1) is 4.99 Å². The number of amides is 2. The summed E-state index contributed by atoms with van der Waals surface area (Å²) in [6, 6.07) is 10.5. The van der Waals surface area contributed by atoms with Gasteiger partial charge in [-0.15, -0.1) is 0 Å². The molecule has 3 N–H and O–H groups in total. The van der Waals surface area contributed by atoms with E-state index < -0.39 is 6.04 Å². The van der Waals surface area contributed by atoms with Gasteiger partial charge in [0.2, 0.25) is 11.8 Å². The van der Waals surface area contributed by atoms with Gasteiger partial charge in [-0.1, -0.05) is 97.4 Å². The molecule has 2 rings (SSSR count). The lowest BCUT2D eigenvalue weighted by atomic mass is 9.77. The third-order valence-corrected chi connectivity index (χ3v) is 7.23.